The molecule has 0 unspecified atom stereocenters. The number of aryl methyl sites for hydroxylation is 2. The Balaban J connectivity index is 1.74. The number of hydrogen-bond acceptors (Lipinski definition) is 3. The predicted octanol–water partition coefficient (Wildman–Crippen LogP) is 6.64. The molecule has 0 spiro atoms. The Morgan fingerprint density at radius 3 is 2.36 bits per heavy atom. The summed E-state index contributed by atoms with van der Waals surface area (Å²) in [6.45, 7) is 15.7. The van der Waals surface area contributed by atoms with E-state index in [0.29, 0.717) is 12.5 Å². The minimum atomic E-state index is -0.440. The van der Waals surface area contributed by atoms with Gasteiger partial charge in [0, 0.05) is 0 Å². The lowest BCUT2D eigenvalue weighted by Gasteiger charge is -2.39. The fourth-order valence-electron chi connectivity index (χ4n) is 4.64. The van der Waals surface area contributed by atoms with Crippen LogP contribution in [0.1, 0.15) is 84.3 Å². The summed E-state index contributed by atoms with van der Waals surface area (Å²) in [6.07, 6.45) is 5.98. The highest BCUT2D eigenvalue weighted by molar-refractivity contribution is 5.76. The van der Waals surface area contributed by atoms with Crippen molar-refractivity contribution in [3.8, 4) is 5.75 Å². The summed E-state index contributed by atoms with van der Waals surface area (Å²) in [4.78, 5) is 12.8. The summed E-state index contributed by atoms with van der Waals surface area (Å²) in [5.41, 5.74) is 2.27. The van der Waals surface area contributed by atoms with Crippen LogP contribution in [0.25, 0.3) is 0 Å². The molecule has 1 fully saturated rings. The van der Waals surface area contributed by atoms with Gasteiger partial charge in [0.25, 0.3) is 0 Å². The van der Waals surface area contributed by atoms with E-state index in [4.69, 9.17) is 9.47 Å². The van der Waals surface area contributed by atoms with Crippen LogP contribution in [0.4, 0.5) is 0 Å². The molecule has 1 aliphatic carbocycles. The van der Waals surface area contributed by atoms with E-state index in [1.807, 2.05) is 13.8 Å². The van der Waals surface area contributed by atoms with Crippen LogP contribution >= 0.6 is 0 Å². The highest BCUT2D eigenvalue weighted by Crippen LogP contribution is 2.40. The lowest BCUT2D eigenvalue weighted by Crippen LogP contribution is -2.37. The predicted molar refractivity (Wildman–Crippen MR) is 116 cm³/mol. The maximum atomic E-state index is 12.8. The van der Waals surface area contributed by atoms with Crippen LogP contribution in [0.3, 0.4) is 0 Å². The van der Waals surface area contributed by atoms with Gasteiger partial charge in [0.15, 0.2) is 0 Å². The second kappa shape index (κ2) is 9.33. The van der Waals surface area contributed by atoms with E-state index in [1.165, 1.54) is 17.5 Å². The van der Waals surface area contributed by atoms with Crippen LogP contribution < -0.4 is 4.74 Å². The Labute approximate surface area is 172 Å². The Morgan fingerprint density at radius 2 is 1.75 bits per heavy atom. The van der Waals surface area contributed by atoms with E-state index in [0.717, 1.165) is 37.9 Å². The molecular weight excluding hydrogens is 348 g/mol. The zero-order chi connectivity index (χ0) is 20.9. The molecule has 2 rings (SSSR count). The number of benzene rings is 1. The third-order valence-corrected chi connectivity index (χ3v) is 5.83. The molecule has 0 aliphatic heterocycles. The zero-order valence-corrected chi connectivity index (χ0v) is 19.1. The summed E-state index contributed by atoms with van der Waals surface area (Å²) in [7, 11) is 0. The number of ether oxygens (including phenoxy) is 2. The van der Waals surface area contributed by atoms with E-state index < -0.39 is 5.41 Å². The quantitative estimate of drug-likeness (QED) is 0.370. The average Bonchev–Trinajstić information content (AvgIpc) is 2.51. The fraction of sp³-hybridized carbons (Fsp3) is 0.720. The minimum absolute atomic E-state index is 0.0439. The maximum absolute atomic E-state index is 12.8. The molecule has 2 atom stereocenters. The molecule has 1 aromatic rings. The SMILES string of the molecule is Cc1cc(C)cc(OCCCCC(C)(C)C(=O)O[C@H]2C[C@@H](C)CC(C)(C)C2)c1. The molecule has 1 aromatic carbocycles. The van der Waals surface area contributed by atoms with Crippen molar-refractivity contribution in [3.63, 3.8) is 0 Å². The largest absolute Gasteiger partial charge is 0.494 e. The molecule has 28 heavy (non-hydrogen) atoms. The second-order valence-electron chi connectivity index (χ2n) is 10.5. The van der Waals surface area contributed by atoms with Gasteiger partial charge < -0.3 is 9.47 Å². The number of esters is 1. The molecule has 1 aliphatic rings. The Morgan fingerprint density at radius 1 is 1.11 bits per heavy atom. The third kappa shape index (κ3) is 7.14. The number of carbonyl (C=O) groups excluding carboxylic acids is 1. The van der Waals surface area contributed by atoms with Crippen molar-refractivity contribution in [1.29, 1.82) is 0 Å². The smallest absolute Gasteiger partial charge is 0.311 e. The molecule has 0 N–H and O–H groups in total. The van der Waals surface area contributed by atoms with E-state index in [1.54, 1.807) is 0 Å². The van der Waals surface area contributed by atoms with Crippen LogP contribution in [-0.2, 0) is 9.53 Å². The van der Waals surface area contributed by atoms with E-state index >= 15 is 0 Å². The number of rotatable bonds is 8. The highest BCUT2D eigenvalue weighted by Gasteiger charge is 2.37. The van der Waals surface area contributed by atoms with Crippen LogP contribution in [0, 0.1) is 30.6 Å². The van der Waals surface area contributed by atoms with E-state index in [-0.39, 0.29) is 17.5 Å². The minimum Gasteiger partial charge on any atom is -0.494 e. The first-order valence-electron chi connectivity index (χ1n) is 10.9. The lowest BCUT2D eigenvalue weighted by atomic mass is 9.71. The Kier molecular flexibility index (Phi) is 7.59. The number of hydrogen-bond donors (Lipinski definition) is 0. The van der Waals surface area contributed by atoms with Crippen molar-refractivity contribution in [2.45, 2.75) is 93.1 Å². The summed E-state index contributed by atoms with van der Waals surface area (Å²) >= 11 is 0. The summed E-state index contributed by atoms with van der Waals surface area (Å²) in [6, 6.07) is 6.29. The molecule has 3 nitrogen and oxygen atoms in total. The Bertz CT molecular complexity index is 640. The normalized spacial score (nSPS) is 22.0. The monoisotopic (exact) mass is 388 g/mol. The van der Waals surface area contributed by atoms with Gasteiger partial charge in [-0.1, -0.05) is 26.8 Å². The molecule has 1 saturated carbocycles. The first-order chi connectivity index (χ1) is 13.0. The molecule has 0 heterocycles. The molecule has 3 heteroatoms. The first kappa shape index (κ1) is 22.8. The van der Waals surface area contributed by atoms with Gasteiger partial charge in [0.2, 0.25) is 0 Å². The third-order valence-electron chi connectivity index (χ3n) is 5.83. The standard InChI is InChI=1S/C25H40O3/c1-18-12-19(2)14-21(13-18)27-11-9-8-10-25(6,7)23(26)28-22-15-20(3)16-24(4,5)17-22/h12-14,20,22H,8-11,15-17H2,1-7H3/t20-,22+/m1/s1. The molecule has 0 amide bonds. The molecule has 0 bridgehead atoms. The zero-order valence-electron chi connectivity index (χ0n) is 19.1. The van der Waals surface area contributed by atoms with Crippen molar-refractivity contribution in [1.82, 2.24) is 0 Å². The summed E-state index contributed by atoms with van der Waals surface area (Å²) in [5, 5.41) is 0. The molecular formula is C25H40O3. The maximum Gasteiger partial charge on any atom is 0.311 e. The van der Waals surface area contributed by atoms with Gasteiger partial charge >= 0.3 is 5.97 Å². The van der Waals surface area contributed by atoms with Crippen molar-refractivity contribution < 1.29 is 14.3 Å². The number of unbranched alkanes of at least 4 members (excludes halogenated alkanes) is 1. The van der Waals surface area contributed by atoms with Gasteiger partial charge in [-0.3, -0.25) is 4.79 Å². The van der Waals surface area contributed by atoms with Crippen molar-refractivity contribution in [2.24, 2.45) is 16.7 Å². The topological polar surface area (TPSA) is 35.5 Å². The average molecular weight is 389 g/mol. The first-order valence-corrected chi connectivity index (χ1v) is 10.9. The van der Waals surface area contributed by atoms with E-state index in [2.05, 4.69) is 52.8 Å². The van der Waals surface area contributed by atoms with Crippen molar-refractivity contribution in [2.75, 3.05) is 6.61 Å². The lowest BCUT2D eigenvalue weighted by molar-refractivity contribution is -0.164. The van der Waals surface area contributed by atoms with Crippen molar-refractivity contribution in [3.05, 3.63) is 29.3 Å². The molecule has 158 valence electrons. The van der Waals surface area contributed by atoms with Gasteiger partial charge in [0.05, 0.1) is 12.0 Å². The van der Waals surface area contributed by atoms with Crippen molar-refractivity contribution >= 4 is 5.97 Å². The summed E-state index contributed by atoms with van der Waals surface area (Å²) in [5.74, 6) is 1.51. The Hall–Kier alpha value is -1.51. The highest BCUT2D eigenvalue weighted by atomic mass is 16.5. The summed E-state index contributed by atoms with van der Waals surface area (Å²) < 4.78 is 11.8. The van der Waals surface area contributed by atoms with Gasteiger partial charge in [-0.15, -0.1) is 0 Å². The van der Waals surface area contributed by atoms with Gasteiger partial charge in [0.1, 0.15) is 11.9 Å². The second-order valence-corrected chi connectivity index (χ2v) is 10.5. The van der Waals surface area contributed by atoms with Crippen LogP contribution in [0.5, 0.6) is 5.75 Å². The molecule has 0 aromatic heterocycles. The van der Waals surface area contributed by atoms with Gasteiger partial charge in [-0.2, -0.15) is 0 Å². The van der Waals surface area contributed by atoms with Crippen LogP contribution in [0.2, 0.25) is 0 Å². The number of carbonyl (C=O) groups is 1. The van der Waals surface area contributed by atoms with Crippen LogP contribution in [-0.4, -0.2) is 18.7 Å². The fourth-order valence-corrected chi connectivity index (χ4v) is 4.64. The molecule has 0 saturated heterocycles. The van der Waals surface area contributed by atoms with E-state index in [9.17, 15) is 4.79 Å². The molecule has 0 radical (unpaired) electrons. The van der Waals surface area contributed by atoms with Gasteiger partial charge in [-0.25, -0.2) is 0 Å². The van der Waals surface area contributed by atoms with Crippen LogP contribution in [0.15, 0.2) is 18.2 Å². The van der Waals surface area contributed by atoms with Gasteiger partial charge in [-0.05, 0) is 101 Å².